The summed E-state index contributed by atoms with van der Waals surface area (Å²) >= 11 is 1.80. The van der Waals surface area contributed by atoms with Crippen molar-refractivity contribution < 1.29 is 5.11 Å². The first kappa shape index (κ1) is 14.6. The molecule has 0 spiro atoms. The Morgan fingerprint density at radius 1 is 1.41 bits per heavy atom. The third kappa shape index (κ3) is 5.57. The van der Waals surface area contributed by atoms with Crippen molar-refractivity contribution in [2.75, 3.05) is 12.8 Å². The van der Waals surface area contributed by atoms with Crippen LogP contribution >= 0.6 is 11.8 Å². The third-order valence-corrected chi connectivity index (χ3v) is 3.77. The van der Waals surface area contributed by atoms with E-state index >= 15 is 0 Å². The normalized spacial score (nSPS) is 13.7. The molecule has 0 saturated heterocycles. The fraction of sp³-hybridized carbons (Fsp3) is 0.571. The van der Waals surface area contributed by atoms with Crippen molar-refractivity contribution in [3.8, 4) is 0 Å². The number of hydrogen-bond acceptors (Lipinski definition) is 3. The molecule has 0 fully saturated rings. The zero-order valence-electron chi connectivity index (χ0n) is 11.2. The Balaban J connectivity index is 2.54. The molecule has 0 saturated carbocycles. The maximum atomic E-state index is 9.65. The van der Waals surface area contributed by atoms with Crippen LogP contribution in [0.2, 0.25) is 0 Å². The first-order valence-electron chi connectivity index (χ1n) is 6.05. The molecule has 0 aliphatic heterocycles. The summed E-state index contributed by atoms with van der Waals surface area (Å²) in [6, 6.07) is 8.96. The molecule has 17 heavy (non-hydrogen) atoms. The van der Waals surface area contributed by atoms with E-state index in [0.717, 1.165) is 12.2 Å². The molecule has 0 aliphatic carbocycles. The highest BCUT2D eigenvalue weighted by Crippen LogP contribution is 2.24. The van der Waals surface area contributed by atoms with Crippen molar-refractivity contribution in [3.63, 3.8) is 0 Å². The van der Waals surface area contributed by atoms with Crippen LogP contribution in [0.3, 0.4) is 0 Å². The minimum atomic E-state index is -0.567. The Hall–Kier alpha value is -0.510. The number of thioether (sulfide) groups is 1. The van der Waals surface area contributed by atoms with Gasteiger partial charge in [0.25, 0.3) is 0 Å². The zero-order chi connectivity index (χ0) is 12.9. The van der Waals surface area contributed by atoms with Gasteiger partial charge in [-0.3, -0.25) is 0 Å². The van der Waals surface area contributed by atoms with E-state index in [0.29, 0.717) is 6.04 Å². The van der Waals surface area contributed by atoms with Crippen LogP contribution in [0.4, 0.5) is 0 Å². The summed E-state index contributed by atoms with van der Waals surface area (Å²) in [7, 11) is 1.97. The maximum absolute atomic E-state index is 9.65. The van der Waals surface area contributed by atoms with E-state index in [9.17, 15) is 5.11 Å². The van der Waals surface area contributed by atoms with Crippen LogP contribution in [0.25, 0.3) is 0 Å². The lowest BCUT2D eigenvalue weighted by Crippen LogP contribution is -2.19. The monoisotopic (exact) mass is 253 g/mol. The van der Waals surface area contributed by atoms with E-state index in [2.05, 4.69) is 36.5 Å². The van der Waals surface area contributed by atoms with Gasteiger partial charge in [-0.1, -0.05) is 12.1 Å². The van der Waals surface area contributed by atoms with Crippen molar-refractivity contribution in [2.45, 2.75) is 43.7 Å². The van der Waals surface area contributed by atoms with Gasteiger partial charge in [-0.15, -0.1) is 11.8 Å². The van der Waals surface area contributed by atoms with E-state index < -0.39 is 5.60 Å². The molecule has 1 unspecified atom stereocenters. The molecule has 2 nitrogen and oxygen atoms in total. The summed E-state index contributed by atoms with van der Waals surface area (Å²) < 4.78 is 0. The van der Waals surface area contributed by atoms with Gasteiger partial charge in [0, 0.05) is 16.7 Å². The fourth-order valence-corrected chi connectivity index (χ4v) is 2.69. The lowest BCUT2D eigenvalue weighted by atomic mass is 10.1. The lowest BCUT2D eigenvalue weighted by Gasteiger charge is -2.16. The predicted octanol–water partition coefficient (Wildman–Crippen LogP) is 3.22. The third-order valence-electron chi connectivity index (χ3n) is 2.77. The van der Waals surface area contributed by atoms with E-state index in [-0.39, 0.29) is 0 Å². The van der Waals surface area contributed by atoms with E-state index in [1.807, 2.05) is 20.9 Å². The van der Waals surface area contributed by atoms with Gasteiger partial charge in [0.05, 0.1) is 5.60 Å². The van der Waals surface area contributed by atoms with Crippen LogP contribution < -0.4 is 5.32 Å². The quantitative estimate of drug-likeness (QED) is 0.764. The summed E-state index contributed by atoms with van der Waals surface area (Å²) in [5, 5.41) is 12.9. The summed E-state index contributed by atoms with van der Waals surface area (Å²) in [5.74, 6) is 0.945. The molecular formula is C14H23NOS. The Morgan fingerprint density at radius 2 is 2.12 bits per heavy atom. The first-order valence-corrected chi connectivity index (χ1v) is 7.03. The SMILES string of the molecule is CNC(C)c1cccc(SCCC(C)(C)O)c1. The fourth-order valence-electron chi connectivity index (χ4n) is 1.46. The van der Waals surface area contributed by atoms with Gasteiger partial charge in [-0.2, -0.15) is 0 Å². The van der Waals surface area contributed by atoms with Gasteiger partial charge >= 0.3 is 0 Å². The Morgan fingerprint density at radius 3 is 2.71 bits per heavy atom. The van der Waals surface area contributed by atoms with Gasteiger partial charge in [-0.05, 0) is 51.9 Å². The topological polar surface area (TPSA) is 32.3 Å². The molecule has 2 N–H and O–H groups in total. The van der Waals surface area contributed by atoms with Crippen molar-refractivity contribution >= 4 is 11.8 Å². The molecule has 1 aromatic carbocycles. The van der Waals surface area contributed by atoms with Crippen molar-refractivity contribution in [1.82, 2.24) is 5.32 Å². The molecule has 0 aromatic heterocycles. The Labute approximate surface area is 109 Å². The van der Waals surface area contributed by atoms with E-state index in [4.69, 9.17) is 0 Å². The van der Waals surface area contributed by atoms with Crippen molar-refractivity contribution in [2.24, 2.45) is 0 Å². The van der Waals surface area contributed by atoms with Gasteiger partial charge in [0.2, 0.25) is 0 Å². The average Bonchev–Trinajstić information content (AvgIpc) is 2.27. The highest BCUT2D eigenvalue weighted by molar-refractivity contribution is 7.99. The minimum Gasteiger partial charge on any atom is -0.390 e. The van der Waals surface area contributed by atoms with Gasteiger partial charge in [0.15, 0.2) is 0 Å². The Bertz CT molecular complexity index is 346. The number of aliphatic hydroxyl groups is 1. The van der Waals surface area contributed by atoms with Crippen LogP contribution in [-0.2, 0) is 0 Å². The highest BCUT2D eigenvalue weighted by atomic mass is 32.2. The Kier molecular flexibility index (Phi) is 5.50. The number of benzene rings is 1. The lowest BCUT2D eigenvalue weighted by molar-refractivity contribution is 0.0778. The molecule has 1 aromatic rings. The number of nitrogens with one attached hydrogen (secondary N) is 1. The zero-order valence-corrected chi connectivity index (χ0v) is 12.0. The molecular weight excluding hydrogens is 230 g/mol. The van der Waals surface area contributed by atoms with E-state index in [1.165, 1.54) is 10.5 Å². The molecule has 0 amide bonds. The van der Waals surface area contributed by atoms with Crippen LogP contribution in [0.15, 0.2) is 29.2 Å². The minimum absolute atomic E-state index is 0.379. The summed E-state index contributed by atoms with van der Waals surface area (Å²) in [5.41, 5.74) is 0.740. The molecule has 0 radical (unpaired) electrons. The summed E-state index contributed by atoms with van der Waals surface area (Å²) in [6.07, 6.45) is 0.809. The molecule has 0 bridgehead atoms. The van der Waals surface area contributed by atoms with Crippen LogP contribution in [0, 0.1) is 0 Å². The smallest absolute Gasteiger partial charge is 0.0599 e. The van der Waals surface area contributed by atoms with Gasteiger partial charge in [-0.25, -0.2) is 0 Å². The number of hydrogen-bond donors (Lipinski definition) is 2. The second-order valence-electron chi connectivity index (χ2n) is 4.99. The standard InChI is InChI=1S/C14H23NOS/c1-11(15-4)12-6-5-7-13(10-12)17-9-8-14(2,3)16/h5-7,10-11,15-16H,8-9H2,1-4H3. The molecule has 3 heteroatoms. The summed E-state index contributed by atoms with van der Waals surface area (Å²) in [4.78, 5) is 1.27. The predicted molar refractivity (Wildman–Crippen MR) is 75.6 cm³/mol. The highest BCUT2D eigenvalue weighted by Gasteiger charge is 2.12. The van der Waals surface area contributed by atoms with Crippen molar-refractivity contribution in [3.05, 3.63) is 29.8 Å². The van der Waals surface area contributed by atoms with Gasteiger partial charge < -0.3 is 10.4 Å². The largest absolute Gasteiger partial charge is 0.390 e. The van der Waals surface area contributed by atoms with Crippen LogP contribution in [0.5, 0.6) is 0 Å². The molecule has 0 aliphatic rings. The molecule has 1 rings (SSSR count). The summed E-state index contributed by atoms with van der Waals surface area (Å²) in [6.45, 7) is 5.86. The van der Waals surface area contributed by atoms with Gasteiger partial charge in [0.1, 0.15) is 0 Å². The molecule has 1 atom stereocenters. The first-order chi connectivity index (χ1) is 7.92. The average molecular weight is 253 g/mol. The second-order valence-corrected chi connectivity index (χ2v) is 6.16. The number of rotatable bonds is 6. The van der Waals surface area contributed by atoms with E-state index in [1.54, 1.807) is 11.8 Å². The second kappa shape index (κ2) is 6.43. The van der Waals surface area contributed by atoms with Crippen LogP contribution in [-0.4, -0.2) is 23.5 Å². The van der Waals surface area contributed by atoms with Crippen LogP contribution in [0.1, 0.15) is 38.8 Å². The maximum Gasteiger partial charge on any atom is 0.0599 e. The molecule has 0 heterocycles. The van der Waals surface area contributed by atoms with Crippen molar-refractivity contribution in [1.29, 1.82) is 0 Å². The molecule has 96 valence electrons.